The molecule has 1 N–H and O–H groups in total. The Labute approximate surface area is 119 Å². The van der Waals surface area contributed by atoms with E-state index in [0.717, 1.165) is 38.9 Å². The minimum Gasteiger partial charge on any atom is -0.474 e. The van der Waals surface area contributed by atoms with E-state index < -0.39 is 0 Å². The molecule has 1 fully saturated rings. The Bertz CT molecular complexity index is 445. The normalized spacial score (nSPS) is 16.0. The van der Waals surface area contributed by atoms with Crippen LogP contribution in [0.4, 0.5) is 4.79 Å². The van der Waals surface area contributed by atoms with Crippen molar-refractivity contribution in [3.63, 3.8) is 0 Å². The maximum absolute atomic E-state index is 11.8. The zero-order valence-corrected chi connectivity index (χ0v) is 12.1. The van der Waals surface area contributed by atoms with Crippen molar-refractivity contribution in [2.75, 3.05) is 19.6 Å². The zero-order valence-electron chi connectivity index (χ0n) is 12.1. The standard InChI is InChI=1S/C14H22N4O2/c1-3-7-16-14(19)18-9-5-12(6-10-18)20-13-4-8-15-11(2)17-13/h4,8,12H,3,5-7,9-10H2,1-2H3,(H,16,19). The molecule has 2 rings (SSSR count). The number of nitrogens with zero attached hydrogens (tertiary/aromatic N) is 3. The van der Waals surface area contributed by atoms with Gasteiger partial charge < -0.3 is 15.0 Å². The Hall–Kier alpha value is -1.85. The number of amides is 2. The van der Waals surface area contributed by atoms with Gasteiger partial charge in [0.2, 0.25) is 5.88 Å². The van der Waals surface area contributed by atoms with Gasteiger partial charge in [-0.2, -0.15) is 4.98 Å². The first-order chi connectivity index (χ1) is 9.69. The molecule has 6 heteroatoms. The average molecular weight is 278 g/mol. The van der Waals surface area contributed by atoms with Gasteiger partial charge >= 0.3 is 6.03 Å². The highest BCUT2D eigenvalue weighted by Crippen LogP contribution is 2.17. The Morgan fingerprint density at radius 1 is 1.50 bits per heavy atom. The van der Waals surface area contributed by atoms with E-state index in [1.807, 2.05) is 18.7 Å². The molecule has 1 aliphatic heterocycles. The zero-order chi connectivity index (χ0) is 14.4. The highest BCUT2D eigenvalue weighted by atomic mass is 16.5. The van der Waals surface area contributed by atoms with E-state index in [1.165, 1.54) is 0 Å². The van der Waals surface area contributed by atoms with Gasteiger partial charge in [-0.25, -0.2) is 9.78 Å². The van der Waals surface area contributed by atoms with Gasteiger partial charge in [-0.15, -0.1) is 0 Å². The Morgan fingerprint density at radius 3 is 2.90 bits per heavy atom. The van der Waals surface area contributed by atoms with Crippen molar-refractivity contribution in [1.82, 2.24) is 20.2 Å². The highest BCUT2D eigenvalue weighted by molar-refractivity contribution is 5.74. The fourth-order valence-electron chi connectivity index (χ4n) is 2.19. The van der Waals surface area contributed by atoms with Crippen LogP contribution in [-0.4, -0.2) is 46.6 Å². The van der Waals surface area contributed by atoms with Gasteiger partial charge in [0.1, 0.15) is 11.9 Å². The van der Waals surface area contributed by atoms with Gasteiger partial charge in [0, 0.05) is 44.7 Å². The van der Waals surface area contributed by atoms with Crippen LogP contribution in [0.15, 0.2) is 12.3 Å². The second-order valence-corrected chi connectivity index (χ2v) is 4.98. The number of nitrogens with one attached hydrogen (secondary N) is 1. The molecule has 1 aliphatic rings. The van der Waals surface area contributed by atoms with Gasteiger partial charge in [-0.05, 0) is 13.3 Å². The Balaban J connectivity index is 1.78. The van der Waals surface area contributed by atoms with E-state index in [2.05, 4.69) is 15.3 Å². The summed E-state index contributed by atoms with van der Waals surface area (Å²) < 4.78 is 5.84. The molecule has 0 spiro atoms. The molecule has 0 aliphatic carbocycles. The number of aromatic nitrogens is 2. The third-order valence-corrected chi connectivity index (χ3v) is 3.29. The predicted molar refractivity (Wildman–Crippen MR) is 75.7 cm³/mol. The number of carbonyl (C=O) groups excluding carboxylic acids is 1. The topological polar surface area (TPSA) is 67.4 Å². The molecule has 0 saturated carbocycles. The first kappa shape index (κ1) is 14.6. The number of carbonyl (C=O) groups is 1. The van der Waals surface area contributed by atoms with Crippen molar-refractivity contribution in [3.8, 4) is 5.88 Å². The largest absolute Gasteiger partial charge is 0.474 e. The quantitative estimate of drug-likeness (QED) is 0.911. The molecule has 0 unspecified atom stereocenters. The molecule has 2 amide bonds. The molecule has 0 atom stereocenters. The SMILES string of the molecule is CCCNC(=O)N1CCC(Oc2ccnc(C)n2)CC1. The van der Waals surface area contributed by atoms with Gasteiger partial charge in [0.05, 0.1) is 0 Å². The van der Waals surface area contributed by atoms with Crippen LogP contribution in [-0.2, 0) is 0 Å². The fraction of sp³-hybridized carbons (Fsp3) is 0.643. The van der Waals surface area contributed by atoms with Crippen LogP contribution < -0.4 is 10.1 Å². The molecule has 6 nitrogen and oxygen atoms in total. The summed E-state index contributed by atoms with van der Waals surface area (Å²) >= 11 is 0. The van der Waals surface area contributed by atoms with Crippen LogP contribution in [0.2, 0.25) is 0 Å². The molecule has 20 heavy (non-hydrogen) atoms. The lowest BCUT2D eigenvalue weighted by atomic mass is 10.1. The lowest BCUT2D eigenvalue weighted by molar-refractivity contribution is 0.107. The van der Waals surface area contributed by atoms with Crippen molar-refractivity contribution < 1.29 is 9.53 Å². The number of likely N-dealkylation sites (tertiary alicyclic amines) is 1. The average Bonchev–Trinajstić information content (AvgIpc) is 2.45. The molecular formula is C14H22N4O2. The summed E-state index contributed by atoms with van der Waals surface area (Å²) in [6.07, 6.45) is 4.45. The number of hydrogen-bond acceptors (Lipinski definition) is 4. The number of ether oxygens (including phenoxy) is 1. The number of aryl methyl sites for hydroxylation is 1. The summed E-state index contributed by atoms with van der Waals surface area (Å²) in [7, 11) is 0. The molecule has 1 saturated heterocycles. The van der Waals surface area contributed by atoms with Crippen LogP contribution >= 0.6 is 0 Å². The van der Waals surface area contributed by atoms with E-state index in [4.69, 9.17) is 4.74 Å². The maximum atomic E-state index is 11.8. The summed E-state index contributed by atoms with van der Waals surface area (Å²) in [6, 6.07) is 1.80. The van der Waals surface area contributed by atoms with Crippen molar-refractivity contribution in [3.05, 3.63) is 18.1 Å². The summed E-state index contributed by atoms with van der Waals surface area (Å²) in [6.45, 7) is 6.07. The summed E-state index contributed by atoms with van der Waals surface area (Å²) in [5.41, 5.74) is 0. The molecule has 2 heterocycles. The highest BCUT2D eigenvalue weighted by Gasteiger charge is 2.23. The predicted octanol–water partition coefficient (Wildman–Crippen LogP) is 1.75. The number of rotatable bonds is 4. The second kappa shape index (κ2) is 7.07. The van der Waals surface area contributed by atoms with Crippen LogP contribution in [0, 0.1) is 6.92 Å². The van der Waals surface area contributed by atoms with E-state index in [1.54, 1.807) is 12.3 Å². The molecule has 1 aromatic rings. The molecule has 110 valence electrons. The van der Waals surface area contributed by atoms with E-state index in [9.17, 15) is 4.79 Å². The van der Waals surface area contributed by atoms with E-state index in [0.29, 0.717) is 11.7 Å². The van der Waals surface area contributed by atoms with Gasteiger partial charge in [0.15, 0.2) is 0 Å². The Kier molecular flexibility index (Phi) is 5.15. The number of hydrogen-bond donors (Lipinski definition) is 1. The summed E-state index contributed by atoms with van der Waals surface area (Å²) in [4.78, 5) is 21.9. The Morgan fingerprint density at radius 2 is 2.25 bits per heavy atom. The second-order valence-electron chi connectivity index (χ2n) is 4.98. The van der Waals surface area contributed by atoms with Crippen LogP contribution in [0.3, 0.4) is 0 Å². The van der Waals surface area contributed by atoms with Gasteiger partial charge in [-0.3, -0.25) is 0 Å². The first-order valence-corrected chi connectivity index (χ1v) is 7.18. The van der Waals surface area contributed by atoms with Crippen LogP contribution in [0.1, 0.15) is 32.0 Å². The third kappa shape index (κ3) is 4.08. The minimum atomic E-state index is 0.0307. The van der Waals surface area contributed by atoms with Crippen LogP contribution in [0.25, 0.3) is 0 Å². The van der Waals surface area contributed by atoms with Crippen LogP contribution in [0.5, 0.6) is 5.88 Å². The lowest BCUT2D eigenvalue weighted by Crippen LogP contribution is -2.46. The number of urea groups is 1. The fourth-order valence-corrected chi connectivity index (χ4v) is 2.19. The van der Waals surface area contributed by atoms with E-state index >= 15 is 0 Å². The summed E-state index contributed by atoms with van der Waals surface area (Å²) in [5.74, 6) is 1.32. The third-order valence-electron chi connectivity index (χ3n) is 3.29. The molecular weight excluding hydrogens is 256 g/mol. The molecule has 0 bridgehead atoms. The lowest BCUT2D eigenvalue weighted by Gasteiger charge is -2.31. The number of piperidine rings is 1. The van der Waals surface area contributed by atoms with Gasteiger partial charge in [0.25, 0.3) is 0 Å². The molecule has 0 radical (unpaired) electrons. The van der Waals surface area contributed by atoms with Crippen molar-refractivity contribution in [2.45, 2.75) is 39.2 Å². The molecule has 1 aromatic heterocycles. The van der Waals surface area contributed by atoms with Crippen molar-refractivity contribution in [2.24, 2.45) is 0 Å². The monoisotopic (exact) mass is 278 g/mol. The van der Waals surface area contributed by atoms with Gasteiger partial charge in [-0.1, -0.05) is 6.92 Å². The minimum absolute atomic E-state index is 0.0307. The summed E-state index contributed by atoms with van der Waals surface area (Å²) in [5, 5.41) is 2.90. The molecule has 0 aromatic carbocycles. The van der Waals surface area contributed by atoms with Crippen molar-refractivity contribution in [1.29, 1.82) is 0 Å². The van der Waals surface area contributed by atoms with Crippen molar-refractivity contribution >= 4 is 6.03 Å². The van der Waals surface area contributed by atoms with E-state index in [-0.39, 0.29) is 12.1 Å². The maximum Gasteiger partial charge on any atom is 0.317 e. The first-order valence-electron chi connectivity index (χ1n) is 7.18. The smallest absolute Gasteiger partial charge is 0.317 e.